The standard InChI is InChI=1S/C40H45F3N8O4/c1-22-11-12-30(40(41,42)43)46-35(22)47-36(54)29-16-39-17-31(39)51(29)32(53)20-50-34-25(10-8-7-9-13-38(4,5)37(55)49(6)21-39)14-26(27-18-44-24(3)45-19-27)15-28(34)33(48-50)23(2)52/h11-12,14-15,18-19,29,31H,7-10,13,16-17,20-21H2,1-6H3,(H,46,47,54)/t29-,31+,39-/m0/s1. The van der Waals surface area contributed by atoms with Gasteiger partial charge in [0.1, 0.15) is 35.6 Å². The van der Waals surface area contributed by atoms with Crippen molar-refractivity contribution in [3.8, 4) is 11.1 Å². The summed E-state index contributed by atoms with van der Waals surface area (Å²) in [6, 6.07) is 4.52. The number of piperidine rings is 1. The molecule has 2 aliphatic heterocycles. The third-order valence-electron chi connectivity index (χ3n) is 11.5. The lowest BCUT2D eigenvalue weighted by atomic mass is 9.84. The summed E-state index contributed by atoms with van der Waals surface area (Å²) in [5, 5.41) is 7.87. The second-order valence-electron chi connectivity index (χ2n) is 16.2. The molecule has 2 bridgehead atoms. The maximum Gasteiger partial charge on any atom is 0.433 e. The van der Waals surface area contributed by atoms with Crippen LogP contribution in [0.5, 0.6) is 0 Å². The van der Waals surface area contributed by atoms with Gasteiger partial charge in [0.25, 0.3) is 0 Å². The molecular weight excluding hydrogens is 713 g/mol. The first-order valence-corrected chi connectivity index (χ1v) is 18.6. The summed E-state index contributed by atoms with van der Waals surface area (Å²) in [5.41, 5.74) is 1.22. The van der Waals surface area contributed by atoms with E-state index in [0.717, 1.165) is 42.0 Å². The van der Waals surface area contributed by atoms with Crippen LogP contribution < -0.4 is 5.32 Å². The minimum absolute atomic E-state index is 0.0296. The summed E-state index contributed by atoms with van der Waals surface area (Å²) in [6.45, 7) is 8.66. The molecule has 3 aliphatic rings. The quantitative estimate of drug-likeness (QED) is 0.238. The Hall–Kier alpha value is -5.21. The van der Waals surface area contributed by atoms with Crippen LogP contribution in [0.15, 0.2) is 36.7 Å². The molecule has 290 valence electrons. The van der Waals surface area contributed by atoms with E-state index in [1.807, 2.05) is 26.0 Å². The molecule has 0 unspecified atom stereocenters. The number of aryl methyl sites for hydroxylation is 3. The number of hydrogen-bond donors (Lipinski definition) is 1. The maximum atomic E-state index is 14.6. The maximum absolute atomic E-state index is 14.6. The Labute approximate surface area is 316 Å². The van der Waals surface area contributed by atoms with Crippen molar-refractivity contribution >= 4 is 40.2 Å². The molecule has 0 spiro atoms. The first-order valence-electron chi connectivity index (χ1n) is 18.6. The molecule has 12 nitrogen and oxygen atoms in total. The van der Waals surface area contributed by atoms with Crippen LogP contribution in [-0.4, -0.2) is 83.7 Å². The van der Waals surface area contributed by atoms with Crippen molar-refractivity contribution in [1.82, 2.24) is 34.5 Å². The second kappa shape index (κ2) is 13.8. The molecule has 1 N–H and O–H groups in total. The van der Waals surface area contributed by atoms with Gasteiger partial charge in [0, 0.05) is 60.7 Å². The zero-order valence-corrected chi connectivity index (χ0v) is 31.9. The Bertz CT molecular complexity index is 2220. The Morgan fingerprint density at radius 3 is 2.40 bits per heavy atom. The number of carbonyl (C=O) groups is 4. The summed E-state index contributed by atoms with van der Waals surface area (Å²) >= 11 is 0. The van der Waals surface area contributed by atoms with Crippen LogP contribution in [-0.2, 0) is 33.5 Å². The Balaban J connectivity index is 1.31. The van der Waals surface area contributed by atoms with E-state index in [4.69, 9.17) is 5.10 Å². The van der Waals surface area contributed by atoms with Crippen molar-refractivity contribution in [2.75, 3.05) is 18.9 Å². The first kappa shape index (κ1) is 38.1. The Kier molecular flexibility index (Phi) is 9.57. The number of halogens is 3. The number of amides is 3. The van der Waals surface area contributed by atoms with Gasteiger partial charge in [-0.15, -0.1) is 0 Å². The molecule has 3 amide bonds. The number of benzene rings is 1. The lowest BCUT2D eigenvalue weighted by Gasteiger charge is -2.31. The number of pyridine rings is 1. The fourth-order valence-electron chi connectivity index (χ4n) is 8.57. The first-order chi connectivity index (χ1) is 25.9. The number of alkyl halides is 3. The summed E-state index contributed by atoms with van der Waals surface area (Å²) < 4.78 is 42.3. The molecule has 15 heteroatoms. The molecule has 1 saturated heterocycles. The number of rotatable bonds is 4. The van der Waals surface area contributed by atoms with E-state index in [0.29, 0.717) is 48.1 Å². The Morgan fingerprint density at radius 2 is 1.71 bits per heavy atom. The summed E-state index contributed by atoms with van der Waals surface area (Å²) in [6.07, 6.45) is 3.18. The minimum atomic E-state index is -4.72. The number of nitrogens with zero attached hydrogens (tertiary/aromatic N) is 7. The fourth-order valence-corrected chi connectivity index (χ4v) is 8.57. The van der Waals surface area contributed by atoms with Crippen LogP contribution in [0.1, 0.15) is 92.4 Å². The fraction of sp³-hybridized carbons (Fsp3) is 0.500. The highest BCUT2D eigenvalue weighted by Gasteiger charge is 2.67. The van der Waals surface area contributed by atoms with Crippen LogP contribution >= 0.6 is 0 Å². The summed E-state index contributed by atoms with van der Waals surface area (Å²) in [5.74, 6) is -1.03. The average Bonchev–Trinajstić information content (AvgIpc) is 3.51. The zero-order valence-electron chi connectivity index (χ0n) is 31.9. The van der Waals surface area contributed by atoms with E-state index in [1.165, 1.54) is 17.9 Å². The van der Waals surface area contributed by atoms with Gasteiger partial charge in [-0.05, 0) is 80.8 Å². The van der Waals surface area contributed by atoms with Gasteiger partial charge < -0.3 is 15.1 Å². The predicted molar refractivity (Wildman–Crippen MR) is 198 cm³/mol. The van der Waals surface area contributed by atoms with E-state index in [1.54, 1.807) is 42.9 Å². The van der Waals surface area contributed by atoms with Gasteiger partial charge in [0.2, 0.25) is 17.7 Å². The van der Waals surface area contributed by atoms with Crippen LogP contribution in [0, 0.1) is 24.7 Å². The molecule has 5 heterocycles. The van der Waals surface area contributed by atoms with E-state index in [9.17, 15) is 32.3 Å². The molecule has 7 rings (SSSR count). The monoisotopic (exact) mass is 758 g/mol. The highest BCUT2D eigenvalue weighted by molar-refractivity contribution is 6.07. The summed E-state index contributed by atoms with van der Waals surface area (Å²) in [4.78, 5) is 71.3. The molecule has 3 atom stereocenters. The smallest absolute Gasteiger partial charge is 0.345 e. The number of Topliss-reactive ketones (excluding diaryl/α,β-unsaturated/α-hetero) is 1. The molecular formula is C40H45F3N8O4. The van der Waals surface area contributed by atoms with Crippen molar-refractivity contribution in [2.24, 2.45) is 10.8 Å². The van der Waals surface area contributed by atoms with Crippen molar-refractivity contribution in [3.05, 3.63) is 65.0 Å². The zero-order chi connectivity index (χ0) is 39.6. The number of carbonyl (C=O) groups excluding carboxylic acids is 4. The van der Waals surface area contributed by atoms with Crippen molar-refractivity contribution in [3.63, 3.8) is 0 Å². The van der Waals surface area contributed by atoms with Gasteiger partial charge in [-0.25, -0.2) is 15.0 Å². The summed E-state index contributed by atoms with van der Waals surface area (Å²) in [7, 11) is 1.74. The minimum Gasteiger partial charge on any atom is -0.345 e. The van der Waals surface area contributed by atoms with Gasteiger partial charge in [-0.1, -0.05) is 32.8 Å². The number of nitrogens with one attached hydrogen (secondary N) is 1. The molecule has 2 fully saturated rings. The molecule has 4 aromatic rings. The molecule has 1 saturated carbocycles. The highest BCUT2D eigenvalue weighted by atomic mass is 19.4. The molecule has 3 aromatic heterocycles. The van der Waals surface area contributed by atoms with E-state index >= 15 is 0 Å². The van der Waals surface area contributed by atoms with Gasteiger partial charge in [-0.3, -0.25) is 23.9 Å². The van der Waals surface area contributed by atoms with Crippen LogP contribution in [0.4, 0.5) is 19.0 Å². The molecule has 1 aliphatic carbocycles. The molecule has 0 radical (unpaired) electrons. The third kappa shape index (κ3) is 7.20. The van der Waals surface area contributed by atoms with Crippen LogP contribution in [0.25, 0.3) is 22.0 Å². The van der Waals surface area contributed by atoms with Crippen molar-refractivity contribution in [2.45, 2.75) is 104 Å². The van der Waals surface area contributed by atoms with Gasteiger partial charge in [0.15, 0.2) is 5.78 Å². The predicted octanol–water partition coefficient (Wildman–Crippen LogP) is 6.33. The highest BCUT2D eigenvalue weighted by Crippen LogP contribution is 2.60. The lowest BCUT2D eigenvalue weighted by molar-refractivity contribution is -0.141. The molecule has 1 aromatic carbocycles. The number of aromatic nitrogens is 5. The average molecular weight is 759 g/mol. The normalized spacial score (nSPS) is 23.1. The van der Waals surface area contributed by atoms with Crippen molar-refractivity contribution in [1.29, 1.82) is 0 Å². The third-order valence-corrected chi connectivity index (χ3v) is 11.5. The van der Waals surface area contributed by atoms with Crippen LogP contribution in [0.2, 0.25) is 0 Å². The van der Waals surface area contributed by atoms with Crippen molar-refractivity contribution < 1.29 is 32.3 Å². The van der Waals surface area contributed by atoms with E-state index in [-0.39, 0.29) is 36.2 Å². The second-order valence-corrected chi connectivity index (χ2v) is 16.2. The molecule has 55 heavy (non-hydrogen) atoms. The van der Waals surface area contributed by atoms with Gasteiger partial charge in [0.05, 0.1) is 5.52 Å². The van der Waals surface area contributed by atoms with Crippen LogP contribution in [0.3, 0.4) is 0 Å². The SMILES string of the molecule is CC(=O)c1nn2c3c(cc(-c4cnc(C)nc4)cc13)CCCCCC(C)(C)C(=O)N(C)C[C@@]13C[C@@H](C(=O)Nc4nc(C(F)(F)F)ccc4C)N(C(=O)C2)[C@@H]1C3. The van der Waals surface area contributed by atoms with Gasteiger partial charge in [-0.2, -0.15) is 18.3 Å². The lowest BCUT2D eigenvalue weighted by Crippen LogP contribution is -2.47. The van der Waals surface area contributed by atoms with E-state index < -0.39 is 46.6 Å². The van der Waals surface area contributed by atoms with Gasteiger partial charge >= 0.3 is 6.18 Å². The Morgan fingerprint density at radius 1 is 0.982 bits per heavy atom. The number of ketones is 1. The van der Waals surface area contributed by atoms with E-state index in [2.05, 4.69) is 20.3 Å². The topological polar surface area (TPSA) is 143 Å². The number of anilines is 1. The number of hydrogen-bond acceptors (Lipinski definition) is 8. The largest absolute Gasteiger partial charge is 0.433 e.